The smallest absolute Gasteiger partial charge is 0.130 e. The number of imidazole rings is 1. The van der Waals surface area contributed by atoms with Gasteiger partial charge < -0.3 is 14.4 Å². The zero-order chi connectivity index (χ0) is 14.1. The van der Waals surface area contributed by atoms with Crippen LogP contribution in [-0.2, 0) is 13.0 Å². The Morgan fingerprint density at radius 3 is 3.10 bits per heavy atom. The fraction of sp³-hybridized carbons (Fsp3) is 0.438. The molecule has 1 aliphatic rings. The van der Waals surface area contributed by atoms with Crippen LogP contribution in [0.15, 0.2) is 30.7 Å². The Morgan fingerprint density at radius 2 is 2.30 bits per heavy atom. The van der Waals surface area contributed by atoms with Crippen LogP contribution in [0.1, 0.15) is 49.2 Å². The zero-order valence-electron chi connectivity index (χ0n) is 11.9. The van der Waals surface area contributed by atoms with Gasteiger partial charge in [0.25, 0.3) is 0 Å². The maximum absolute atomic E-state index is 9.80. The van der Waals surface area contributed by atoms with Gasteiger partial charge in [0.1, 0.15) is 12.4 Å². The van der Waals surface area contributed by atoms with Gasteiger partial charge in [-0.1, -0.05) is 6.07 Å². The average Bonchev–Trinajstić information content (AvgIpc) is 3.03. The van der Waals surface area contributed by atoms with E-state index in [2.05, 4.69) is 23.4 Å². The molecule has 1 atom stereocenters. The van der Waals surface area contributed by atoms with Gasteiger partial charge in [0, 0.05) is 6.04 Å². The van der Waals surface area contributed by atoms with Gasteiger partial charge in [0.05, 0.1) is 24.3 Å². The third kappa shape index (κ3) is 2.43. The van der Waals surface area contributed by atoms with Crippen LogP contribution in [0.3, 0.4) is 0 Å². The van der Waals surface area contributed by atoms with Gasteiger partial charge in [-0.25, -0.2) is 4.98 Å². The number of ether oxygens (including phenoxy) is 1. The van der Waals surface area contributed by atoms with Crippen molar-refractivity contribution in [2.24, 2.45) is 0 Å². The molecule has 2 aromatic rings. The first-order chi connectivity index (χ1) is 9.65. The van der Waals surface area contributed by atoms with Gasteiger partial charge >= 0.3 is 0 Å². The molecule has 1 N–H and O–H groups in total. The van der Waals surface area contributed by atoms with Gasteiger partial charge in [-0.2, -0.15) is 0 Å². The van der Waals surface area contributed by atoms with E-state index >= 15 is 0 Å². The molecule has 20 heavy (non-hydrogen) atoms. The molecule has 1 heterocycles. The van der Waals surface area contributed by atoms with Crippen molar-refractivity contribution in [1.29, 1.82) is 0 Å². The number of fused-ring (bicyclic) bond motifs is 1. The Hall–Kier alpha value is -1.81. The molecule has 106 valence electrons. The quantitative estimate of drug-likeness (QED) is 0.930. The van der Waals surface area contributed by atoms with E-state index in [-0.39, 0.29) is 6.10 Å². The SMILES string of the molecule is CC(C)n1cncc1COc1ccc2c(c1)CC[C@H]2O. The molecule has 0 unspecified atom stereocenters. The van der Waals surface area contributed by atoms with Gasteiger partial charge in [0.15, 0.2) is 0 Å². The summed E-state index contributed by atoms with van der Waals surface area (Å²) in [5.41, 5.74) is 3.32. The van der Waals surface area contributed by atoms with E-state index in [1.807, 2.05) is 30.7 Å². The molecule has 0 bridgehead atoms. The highest BCUT2D eigenvalue weighted by molar-refractivity contribution is 5.39. The number of aliphatic hydroxyl groups is 1. The van der Waals surface area contributed by atoms with Crippen molar-refractivity contribution in [1.82, 2.24) is 9.55 Å². The summed E-state index contributed by atoms with van der Waals surface area (Å²) in [7, 11) is 0. The predicted molar refractivity (Wildman–Crippen MR) is 76.7 cm³/mol. The lowest BCUT2D eigenvalue weighted by Gasteiger charge is -2.13. The van der Waals surface area contributed by atoms with Crippen molar-refractivity contribution < 1.29 is 9.84 Å². The molecule has 0 saturated carbocycles. The summed E-state index contributed by atoms with van der Waals surface area (Å²) >= 11 is 0. The third-order valence-electron chi connectivity index (χ3n) is 3.85. The summed E-state index contributed by atoms with van der Waals surface area (Å²) in [5.74, 6) is 0.856. The summed E-state index contributed by atoms with van der Waals surface area (Å²) < 4.78 is 7.97. The summed E-state index contributed by atoms with van der Waals surface area (Å²) in [4.78, 5) is 4.17. The van der Waals surface area contributed by atoms with Crippen LogP contribution in [0.5, 0.6) is 5.75 Å². The lowest BCUT2D eigenvalue weighted by Crippen LogP contribution is -2.07. The van der Waals surface area contributed by atoms with E-state index in [0.29, 0.717) is 12.6 Å². The molecular formula is C16H20N2O2. The largest absolute Gasteiger partial charge is 0.487 e. The fourth-order valence-electron chi connectivity index (χ4n) is 2.73. The second kappa shape index (κ2) is 5.29. The highest BCUT2D eigenvalue weighted by Gasteiger charge is 2.20. The molecule has 0 fully saturated rings. The molecule has 4 nitrogen and oxygen atoms in total. The highest BCUT2D eigenvalue weighted by Crippen LogP contribution is 2.33. The Balaban J connectivity index is 1.71. The van der Waals surface area contributed by atoms with Gasteiger partial charge in [0.2, 0.25) is 0 Å². The van der Waals surface area contributed by atoms with E-state index in [9.17, 15) is 5.11 Å². The molecule has 1 aromatic carbocycles. The molecule has 0 amide bonds. The minimum Gasteiger partial charge on any atom is -0.487 e. The van der Waals surface area contributed by atoms with Crippen LogP contribution in [0.25, 0.3) is 0 Å². The molecule has 4 heteroatoms. The first-order valence-corrected chi connectivity index (χ1v) is 7.09. The maximum atomic E-state index is 9.80. The summed E-state index contributed by atoms with van der Waals surface area (Å²) in [6.07, 6.45) is 5.12. The van der Waals surface area contributed by atoms with Crippen molar-refractivity contribution in [3.05, 3.63) is 47.5 Å². The van der Waals surface area contributed by atoms with Gasteiger partial charge in [-0.3, -0.25) is 0 Å². The van der Waals surface area contributed by atoms with Crippen LogP contribution in [0.4, 0.5) is 0 Å². The van der Waals surface area contributed by atoms with Crippen LogP contribution < -0.4 is 4.74 Å². The summed E-state index contributed by atoms with van der Waals surface area (Å²) in [5, 5.41) is 9.80. The van der Waals surface area contributed by atoms with Crippen LogP contribution in [-0.4, -0.2) is 14.7 Å². The van der Waals surface area contributed by atoms with Gasteiger partial charge in [-0.15, -0.1) is 0 Å². The molecule has 3 rings (SSSR count). The third-order valence-corrected chi connectivity index (χ3v) is 3.85. The standard InChI is InChI=1S/C16H20N2O2/c1-11(2)18-10-17-8-13(18)9-20-14-4-5-15-12(7-14)3-6-16(15)19/h4-5,7-8,10-11,16,19H,3,6,9H2,1-2H3/t16-/m1/s1. The van der Waals surface area contributed by atoms with Crippen molar-refractivity contribution >= 4 is 0 Å². The van der Waals surface area contributed by atoms with E-state index in [1.165, 1.54) is 5.56 Å². The second-order valence-corrected chi connectivity index (χ2v) is 5.59. The van der Waals surface area contributed by atoms with E-state index in [4.69, 9.17) is 4.74 Å². The van der Waals surface area contributed by atoms with E-state index < -0.39 is 0 Å². The van der Waals surface area contributed by atoms with E-state index in [0.717, 1.165) is 29.8 Å². The molecular weight excluding hydrogens is 252 g/mol. The second-order valence-electron chi connectivity index (χ2n) is 5.59. The van der Waals surface area contributed by atoms with Crippen LogP contribution in [0.2, 0.25) is 0 Å². The number of nitrogens with zero attached hydrogens (tertiary/aromatic N) is 2. The lowest BCUT2D eigenvalue weighted by molar-refractivity contribution is 0.180. The first-order valence-electron chi connectivity index (χ1n) is 7.09. The number of rotatable bonds is 4. The topological polar surface area (TPSA) is 47.3 Å². The zero-order valence-corrected chi connectivity index (χ0v) is 11.9. The molecule has 1 aromatic heterocycles. The average molecular weight is 272 g/mol. The van der Waals surface area contributed by atoms with Crippen molar-refractivity contribution in [2.75, 3.05) is 0 Å². The monoisotopic (exact) mass is 272 g/mol. The maximum Gasteiger partial charge on any atom is 0.130 e. The molecule has 0 spiro atoms. The Morgan fingerprint density at radius 1 is 1.45 bits per heavy atom. The Bertz CT molecular complexity index is 604. The van der Waals surface area contributed by atoms with Crippen LogP contribution in [0, 0.1) is 0 Å². The molecule has 1 aliphatic carbocycles. The van der Waals surface area contributed by atoms with Gasteiger partial charge in [-0.05, 0) is 49.9 Å². The Labute approximate surface area is 119 Å². The number of aliphatic hydroxyl groups excluding tert-OH is 1. The summed E-state index contributed by atoms with van der Waals surface area (Å²) in [6, 6.07) is 6.33. The molecule has 0 radical (unpaired) electrons. The number of hydrogen-bond acceptors (Lipinski definition) is 3. The minimum absolute atomic E-state index is 0.304. The number of aryl methyl sites for hydroxylation is 1. The summed E-state index contributed by atoms with van der Waals surface area (Å²) in [6.45, 7) is 4.77. The molecule has 0 aliphatic heterocycles. The number of hydrogen-bond donors (Lipinski definition) is 1. The normalized spacial score (nSPS) is 17.5. The highest BCUT2D eigenvalue weighted by atomic mass is 16.5. The fourth-order valence-corrected chi connectivity index (χ4v) is 2.73. The number of aromatic nitrogens is 2. The van der Waals surface area contributed by atoms with Crippen molar-refractivity contribution in [2.45, 2.75) is 45.4 Å². The predicted octanol–water partition coefficient (Wildman–Crippen LogP) is 3.02. The van der Waals surface area contributed by atoms with Crippen molar-refractivity contribution in [3.8, 4) is 5.75 Å². The van der Waals surface area contributed by atoms with E-state index in [1.54, 1.807) is 0 Å². The minimum atomic E-state index is -0.304. The lowest BCUT2D eigenvalue weighted by atomic mass is 10.1. The molecule has 0 saturated heterocycles. The first kappa shape index (κ1) is 13.2. The van der Waals surface area contributed by atoms with Crippen LogP contribution >= 0.6 is 0 Å². The Kier molecular flexibility index (Phi) is 3.49. The number of benzene rings is 1. The van der Waals surface area contributed by atoms with Crippen molar-refractivity contribution in [3.63, 3.8) is 0 Å².